The van der Waals surface area contributed by atoms with Crippen molar-refractivity contribution in [3.8, 4) is 11.3 Å². The minimum Gasteiger partial charge on any atom is -0.465 e. The SMILES string of the molecule is CCc1ccc(N2C(=O)NC(=O)/C(=C/c3ccc(-c4cccc(C(=O)OC)c4C)o3)C2=O)cc1. The van der Waals surface area contributed by atoms with Gasteiger partial charge in [0.2, 0.25) is 0 Å². The van der Waals surface area contributed by atoms with E-state index in [0.717, 1.165) is 16.9 Å². The summed E-state index contributed by atoms with van der Waals surface area (Å²) >= 11 is 0. The molecule has 2 aromatic carbocycles. The Labute approximate surface area is 195 Å². The Hall–Kier alpha value is -4.46. The lowest BCUT2D eigenvalue weighted by molar-refractivity contribution is -0.122. The molecule has 4 amide bonds. The summed E-state index contributed by atoms with van der Waals surface area (Å²) in [5.74, 6) is -1.33. The fourth-order valence-electron chi connectivity index (χ4n) is 3.72. The molecule has 0 saturated carbocycles. The summed E-state index contributed by atoms with van der Waals surface area (Å²) < 4.78 is 10.7. The number of carbonyl (C=O) groups excluding carboxylic acids is 4. The maximum absolute atomic E-state index is 13.1. The molecule has 4 rings (SSSR count). The zero-order valence-corrected chi connectivity index (χ0v) is 18.9. The summed E-state index contributed by atoms with van der Waals surface area (Å²) in [6.45, 7) is 3.77. The van der Waals surface area contributed by atoms with Gasteiger partial charge in [0.15, 0.2) is 0 Å². The molecule has 0 aliphatic carbocycles. The summed E-state index contributed by atoms with van der Waals surface area (Å²) in [6, 6.07) is 14.6. The molecule has 1 fully saturated rings. The van der Waals surface area contributed by atoms with Crippen molar-refractivity contribution in [2.45, 2.75) is 20.3 Å². The number of rotatable bonds is 5. The maximum atomic E-state index is 13.1. The average Bonchev–Trinajstić information content (AvgIpc) is 3.30. The molecule has 34 heavy (non-hydrogen) atoms. The number of esters is 1. The van der Waals surface area contributed by atoms with E-state index < -0.39 is 23.8 Å². The topological polar surface area (TPSA) is 106 Å². The summed E-state index contributed by atoms with van der Waals surface area (Å²) in [6.07, 6.45) is 2.10. The second-order valence-electron chi connectivity index (χ2n) is 7.65. The van der Waals surface area contributed by atoms with Gasteiger partial charge in [-0.3, -0.25) is 14.9 Å². The number of amides is 4. The Kier molecular flexibility index (Phi) is 6.14. The molecule has 1 N–H and O–H groups in total. The minimum absolute atomic E-state index is 0.236. The Morgan fingerprint density at radius 2 is 1.79 bits per heavy atom. The molecule has 1 aliphatic rings. The van der Waals surface area contributed by atoms with E-state index in [1.54, 1.807) is 49.4 Å². The Morgan fingerprint density at radius 3 is 2.47 bits per heavy atom. The van der Waals surface area contributed by atoms with Crippen molar-refractivity contribution in [1.29, 1.82) is 0 Å². The predicted octanol–water partition coefficient (Wildman–Crippen LogP) is 4.27. The lowest BCUT2D eigenvalue weighted by atomic mass is 10.0. The van der Waals surface area contributed by atoms with Crippen LogP contribution in [-0.4, -0.2) is 30.9 Å². The maximum Gasteiger partial charge on any atom is 0.338 e. The van der Waals surface area contributed by atoms with Crippen LogP contribution in [0.15, 0.2) is 64.6 Å². The smallest absolute Gasteiger partial charge is 0.338 e. The van der Waals surface area contributed by atoms with Crippen LogP contribution in [0.25, 0.3) is 17.4 Å². The first-order chi connectivity index (χ1) is 16.3. The fourth-order valence-corrected chi connectivity index (χ4v) is 3.72. The van der Waals surface area contributed by atoms with Crippen molar-refractivity contribution < 1.29 is 28.3 Å². The summed E-state index contributed by atoms with van der Waals surface area (Å²) in [5, 5.41) is 2.20. The molecule has 172 valence electrons. The van der Waals surface area contributed by atoms with Crippen LogP contribution in [0.1, 0.15) is 34.2 Å². The number of imide groups is 2. The zero-order valence-electron chi connectivity index (χ0n) is 18.9. The van der Waals surface area contributed by atoms with Gasteiger partial charge in [0, 0.05) is 5.56 Å². The van der Waals surface area contributed by atoms with Gasteiger partial charge in [-0.15, -0.1) is 0 Å². The number of aryl methyl sites for hydroxylation is 1. The van der Waals surface area contributed by atoms with Gasteiger partial charge in [-0.2, -0.15) is 0 Å². The highest BCUT2D eigenvalue weighted by Gasteiger charge is 2.37. The Morgan fingerprint density at radius 1 is 1.06 bits per heavy atom. The van der Waals surface area contributed by atoms with Crippen molar-refractivity contribution in [3.05, 3.63) is 82.6 Å². The van der Waals surface area contributed by atoms with Gasteiger partial charge in [-0.25, -0.2) is 14.5 Å². The summed E-state index contributed by atoms with van der Waals surface area (Å²) in [7, 11) is 1.31. The van der Waals surface area contributed by atoms with Crippen LogP contribution in [0.2, 0.25) is 0 Å². The van der Waals surface area contributed by atoms with Crippen LogP contribution < -0.4 is 10.2 Å². The van der Waals surface area contributed by atoms with Gasteiger partial charge in [-0.05, 0) is 60.9 Å². The first kappa shape index (κ1) is 22.7. The normalized spacial score (nSPS) is 15.0. The number of barbiturate groups is 1. The van der Waals surface area contributed by atoms with Crippen LogP contribution in [0.4, 0.5) is 10.5 Å². The number of anilines is 1. The number of hydrogen-bond acceptors (Lipinski definition) is 6. The zero-order chi connectivity index (χ0) is 24.4. The van der Waals surface area contributed by atoms with Gasteiger partial charge in [0.05, 0.1) is 18.4 Å². The fraction of sp³-hybridized carbons (Fsp3) is 0.154. The average molecular weight is 458 g/mol. The lowest BCUT2D eigenvalue weighted by Crippen LogP contribution is -2.54. The van der Waals surface area contributed by atoms with Crippen LogP contribution in [0.5, 0.6) is 0 Å². The van der Waals surface area contributed by atoms with E-state index >= 15 is 0 Å². The number of hydrogen-bond donors (Lipinski definition) is 1. The van der Waals surface area contributed by atoms with Crippen LogP contribution in [-0.2, 0) is 20.7 Å². The summed E-state index contributed by atoms with van der Waals surface area (Å²) in [5.41, 5.74) is 2.91. The van der Waals surface area contributed by atoms with Crippen LogP contribution in [0, 0.1) is 6.92 Å². The van der Waals surface area contributed by atoms with E-state index in [4.69, 9.17) is 9.15 Å². The van der Waals surface area contributed by atoms with Crippen LogP contribution >= 0.6 is 0 Å². The number of methoxy groups -OCH3 is 1. The quantitative estimate of drug-likeness (QED) is 0.348. The van der Waals surface area contributed by atoms with Crippen LogP contribution in [0.3, 0.4) is 0 Å². The van der Waals surface area contributed by atoms with Crippen molar-refractivity contribution in [3.63, 3.8) is 0 Å². The third-order valence-corrected chi connectivity index (χ3v) is 5.62. The standard InChI is InChI=1S/C26H22N2O6/c1-4-16-8-10-17(11-9-16)28-24(30)21(23(29)27-26(28)32)14-18-12-13-22(34-18)19-6-5-7-20(15(19)2)25(31)33-3/h5-14H,4H2,1-3H3,(H,27,29,32)/b21-14-. The first-order valence-corrected chi connectivity index (χ1v) is 10.6. The molecule has 2 heterocycles. The van der Waals surface area contributed by atoms with Gasteiger partial charge in [-0.1, -0.05) is 31.2 Å². The third kappa shape index (κ3) is 4.13. The molecule has 0 spiro atoms. The van der Waals surface area contributed by atoms with E-state index in [0.29, 0.717) is 28.1 Å². The van der Waals surface area contributed by atoms with Gasteiger partial charge in [0.1, 0.15) is 17.1 Å². The Balaban J connectivity index is 1.67. The van der Waals surface area contributed by atoms with E-state index in [1.165, 1.54) is 13.2 Å². The number of ether oxygens (including phenoxy) is 1. The molecule has 1 aromatic heterocycles. The molecule has 0 bridgehead atoms. The lowest BCUT2D eigenvalue weighted by Gasteiger charge is -2.26. The number of carbonyl (C=O) groups is 4. The molecule has 1 aliphatic heterocycles. The Bertz CT molecular complexity index is 1330. The molecule has 0 radical (unpaired) electrons. The molecule has 8 nitrogen and oxygen atoms in total. The van der Waals surface area contributed by atoms with E-state index in [9.17, 15) is 19.2 Å². The number of nitrogens with zero attached hydrogens (tertiary/aromatic N) is 1. The molecule has 1 saturated heterocycles. The van der Waals surface area contributed by atoms with Gasteiger partial charge >= 0.3 is 12.0 Å². The second kappa shape index (κ2) is 9.19. The van der Waals surface area contributed by atoms with Crippen molar-refractivity contribution in [2.75, 3.05) is 12.0 Å². The van der Waals surface area contributed by atoms with Crippen molar-refractivity contribution in [2.24, 2.45) is 0 Å². The van der Waals surface area contributed by atoms with E-state index in [-0.39, 0.29) is 11.3 Å². The molecule has 0 atom stereocenters. The molecule has 0 unspecified atom stereocenters. The van der Waals surface area contributed by atoms with E-state index in [2.05, 4.69) is 5.32 Å². The highest BCUT2D eigenvalue weighted by molar-refractivity contribution is 6.39. The number of nitrogens with one attached hydrogen (secondary N) is 1. The molecular formula is C26H22N2O6. The summed E-state index contributed by atoms with van der Waals surface area (Å²) in [4.78, 5) is 50.8. The highest BCUT2D eigenvalue weighted by atomic mass is 16.5. The largest absolute Gasteiger partial charge is 0.465 e. The predicted molar refractivity (Wildman–Crippen MR) is 125 cm³/mol. The third-order valence-electron chi connectivity index (χ3n) is 5.62. The highest BCUT2D eigenvalue weighted by Crippen LogP contribution is 2.29. The van der Waals surface area contributed by atoms with Crippen molar-refractivity contribution in [1.82, 2.24) is 5.32 Å². The van der Waals surface area contributed by atoms with E-state index in [1.807, 2.05) is 19.1 Å². The monoisotopic (exact) mass is 458 g/mol. The van der Waals surface area contributed by atoms with Gasteiger partial charge in [0.25, 0.3) is 11.8 Å². The second-order valence-corrected chi connectivity index (χ2v) is 7.65. The molecule has 3 aromatic rings. The number of urea groups is 1. The molecular weight excluding hydrogens is 436 g/mol. The van der Waals surface area contributed by atoms with Gasteiger partial charge < -0.3 is 9.15 Å². The number of benzene rings is 2. The number of furan rings is 1. The first-order valence-electron chi connectivity index (χ1n) is 10.6. The van der Waals surface area contributed by atoms with Crippen molar-refractivity contribution >= 4 is 35.6 Å². The minimum atomic E-state index is -0.813. The molecule has 8 heteroatoms.